The monoisotopic (exact) mass is 374 g/mol. The van der Waals surface area contributed by atoms with E-state index in [0.717, 1.165) is 0 Å². The third-order valence-electron chi connectivity index (χ3n) is 4.44. The molecule has 0 bridgehead atoms. The van der Waals surface area contributed by atoms with Crippen molar-refractivity contribution in [3.63, 3.8) is 0 Å². The molecule has 0 N–H and O–H groups in total. The first-order valence-corrected chi connectivity index (χ1v) is 9.19. The van der Waals surface area contributed by atoms with E-state index in [-0.39, 0.29) is 12.4 Å². The van der Waals surface area contributed by atoms with Gasteiger partial charge in [-0.05, 0) is 18.1 Å². The molecule has 0 heterocycles. The van der Waals surface area contributed by atoms with E-state index in [1.165, 1.54) is 0 Å². The third kappa shape index (κ3) is 4.02. The number of carbonyl (C=O) groups is 2. The van der Waals surface area contributed by atoms with Crippen molar-refractivity contribution >= 4 is 11.8 Å². The van der Waals surface area contributed by atoms with Crippen molar-refractivity contribution in [2.24, 2.45) is 0 Å². The Bertz CT molecular complexity index is 866. The van der Waals surface area contributed by atoms with E-state index in [4.69, 9.17) is 9.47 Å². The van der Waals surface area contributed by atoms with Crippen LogP contribution in [0.25, 0.3) is 0 Å². The Morgan fingerprint density at radius 1 is 0.750 bits per heavy atom. The van der Waals surface area contributed by atoms with Gasteiger partial charge in [0, 0.05) is 12.2 Å². The molecule has 142 valence electrons. The number of benzene rings is 3. The summed E-state index contributed by atoms with van der Waals surface area (Å²) in [5.74, 6) is -0.878. The van der Waals surface area contributed by atoms with Crippen LogP contribution in [0.1, 0.15) is 28.4 Å². The lowest BCUT2D eigenvalue weighted by Crippen LogP contribution is -2.42. The third-order valence-corrected chi connectivity index (χ3v) is 4.44. The summed E-state index contributed by atoms with van der Waals surface area (Å²) < 4.78 is 11.5. The summed E-state index contributed by atoms with van der Waals surface area (Å²) in [5.41, 5.74) is 0.367. The number of rotatable bonds is 8. The van der Waals surface area contributed by atoms with Crippen LogP contribution in [0.2, 0.25) is 0 Å². The number of ether oxygens (including phenoxy) is 2. The molecule has 0 aromatic heterocycles. The molecule has 0 spiro atoms. The summed E-state index contributed by atoms with van der Waals surface area (Å²) >= 11 is 0. The van der Waals surface area contributed by atoms with Gasteiger partial charge in [0.2, 0.25) is 5.60 Å². The van der Waals surface area contributed by atoms with Crippen LogP contribution in [0.3, 0.4) is 0 Å². The van der Waals surface area contributed by atoms with E-state index in [1.54, 1.807) is 24.3 Å². The van der Waals surface area contributed by atoms with Crippen LogP contribution in [0.4, 0.5) is 0 Å². The quantitative estimate of drug-likeness (QED) is 0.433. The van der Waals surface area contributed by atoms with Gasteiger partial charge in [-0.25, -0.2) is 4.79 Å². The van der Waals surface area contributed by atoms with E-state index in [1.807, 2.05) is 73.7 Å². The summed E-state index contributed by atoms with van der Waals surface area (Å²) in [7, 11) is 0. The Balaban J connectivity index is 1.94. The molecule has 0 radical (unpaired) electrons. The highest BCUT2D eigenvalue weighted by molar-refractivity contribution is 5.98. The zero-order valence-electron chi connectivity index (χ0n) is 15.7. The summed E-state index contributed by atoms with van der Waals surface area (Å²) in [5, 5.41) is 0. The van der Waals surface area contributed by atoms with Gasteiger partial charge in [0.15, 0.2) is 12.4 Å². The SMILES string of the molecule is CCOC(C(=O)OCC(=O)c1ccccc1)(c1ccccc1)c1ccccc1. The van der Waals surface area contributed by atoms with Crippen molar-refractivity contribution in [2.45, 2.75) is 12.5 Å². The van der Waals surface area contributed by atoms with Gasteiger partial charge >= 0.3 is 5.97 Å². The van der Waals surface area contributed by atoms with Crippen molar-refractivity contribution in [3.8, 4) is 0 Å². The van der Waals surface area contributed by atoms with Crippen LogP contribution < -0.4 is 0 Å². The Morgan fingerprint density at radius 2 is 1.21 bits per heavy atom. The van der Waals surface area contributed by atoms with Crippen molar-refractivity contribution in [3.05, 3.63) is 108 Å². The minimum absolute atomic E-state index is 0.263. The number of Topliss-reactive ketones (excluding diaryl/α,β-unsaturated/α-hetero) is 1. The molecular formula is C24H22O4. The van der Waals surface area contributed by atoms with Gasteiger partial charge in [0.05, 0.1) is 0 Å². The summed E-state index contributed by atoms with van der Waals surface area (Å²) in [4.78, 5) is 25.7. The molecule has 0 atom stereocenters. The molecular weight excluding hydrogens is 352 g/mol. The lowest BCUT2D eigenvalue weighted by Gasteiger charge is -2.32. The maximum Gasteiger partial charge on any atom is 0.348 e. The molecule has 0 saturated carbocycles. The number of esters is 1. The van der Waals surface area contributed by atoms with Gasteiger partial charge in [0.25, 0.3) is 0 Å². The average molecular weight is 374 g/mol. The van der Waals surface area contributed by atoms with Crippen molar-refractivity contribution in [1.29, 1.82) is 0 Å². The van der Waals surface area contributed by atoms with Crippen LogP contribution in [0, 0.1) is 0 Å². The van der Waals surface area contributed by atoms with Crippen LogP contribution in [0.15, 0.2) is 91.0 Å². The van der Waals surface area contributed by atoms with Gasteiger partial charge in [-0.15, -0.1) is 0 Å². The maximum atomic E-state index is 13.3. The van der Waals surface area contributed by atoms with Crippen LogP contribution >= 0.6 is 0 Å². The lowest BCUT2D eigenvalue weighted by atomic mass is 9.86. The molecule has 4 nitrogen and oxygen atoms in total. The smallest absolute Gasteiger partial charge is 0.348 e. The minimum atomic E-state index is -1.44. The fourth-order valence-electron chi connectivity index (χ4n) is 3.13. The molecule has 0 fully saturated rings. The summed E-state index contributed by atoms with van der Waals surface area (Å²) in [6.45, 7) is 1.77. The Labute approximate surface area is 164 Å². The molecule has 4 heteroatoms. The highest BCUT2D eigenvalue weighted by Gasteiger charge is 2.45. The van der Waals surface area contributed by atoms with Crippen LogP contribution in [-0.4, -0.2) is 25.0 Å². The van der Waals surface area contributed by atoms with Crippen LogP contribution in [0.5, 0.6) is 0 Å². The maximum absolute atomic E-state index is 13.3. The fourth-order valence-corrected chi connectivity index (χ4v) is 3.13. The van der Waals surface area contributed by atoms with E-state index >= 15 is 0 Å². The number of hydrogen-bond donors (Lipinski definition) is 0. The van der Waals surface area contributed by atoms with Crippen molar-refractivity contribution in [2.75, 3.05) is 13.2 Å². The average Bonchev–Trinajstić information content (AvgIpc) is 2.77. The molecule has 0 saturated heterocycles. The van der Waals surface area contributed by atoms with E-state index < -0.39 is 11.6 Å². The molecule has 0 aliphatic rings. The van der Waals surface area contributed by atoms with Crippen molar-refractivity contribution in [1.82, 2.24) is 0 Å². The number of hydrogen-bond acceptors (Lipinski definition) is 4. The first kappa shape index (κ1) is 19.5. The zero-order valence-corrected chi connectivity index (χ0v) is 15.7. The first-order valence-electron chi connectivity index (χ1n) is 9.19. The number of ketones is 1. The largest absolute Gasteiger partial charge is 0.455 e. The molecule has 0 unspecified atom stereocenters. The fraction of sp³-hybridized carbons (Fsp3) is 0.167. The van der Waals surface area contributed by atoms with Gasteiger partial charge in [-0.3, -0.25) is 4.79 Å². The molecule has 28 heavy (non-hydrogen) atoms. The van der Waals surface area contributed by atoms with E-state index in [0.29, 0.717) is 23.3 Å². The van der Waals surface area contributed by atoms with Crippen molar-refractivity contribution < 1.29 is 19.1 Å². The van der Waals surface area contributed by atoms with Crippen LogP contribution in [-0.2, 0) is 19.9 Å². The normalized spacial score (nSPS) is 11.0. The predicted octanol–water partition coefficient (Wildman–Crippen LogP) is 4.39. The molecule has 0 aliphatic carbocycles. The van der Waals surface area contributed by atoms with Gasteiger partial charge in [-0.1, -0.05) is 91.0 Å². The number of carbonyl (C=O) groups excluding carboxylic acids is 2. The Morgan fingerprint density at radius 3 is 1.68 bits per heavy atom. The molecule has 3 rings (SSSR count). The molecule has 3 aromatic carbocycles. The standard InChI is InChI=1S/C24H22O4/c1-2-28-24(20-14-8-4-9-15-20,21-16-10-5-11-17-21)23(26)27-18-22(25)19-12-6-3-7-13-19/h3-17H,2,18H2,1H3. The second kappa shape index (κ2) is 9.11. The van der Waals surface area contributed by atoms with E-state index in [2.05, 4.69) is 0 Å². The molecule has 3 aromatic rings. The Kier molecular flexibility index (Phi) is 6.35. The highest BCUT2D eigenvalue weighted by Crippen LogP contribution is 2.35. The zero-order chi connectivity index (χ0) is 19.8. The lowest BCUT2D eigenvalue weighted by molar-refractivity contribution is -0.167. The summed E-state index contributed by atoms with van der Waals surface area (Å²) in [6.07, 6.45) is 0. The second-order valence-electron chi connectivity index (χ2n) is 6.21. The molecule has 0 amide bonds. The highest BCUT2D eigenvalue weighted by atomic mass is 16.6. The second-order valence-corrected chi connectivity index (χ2v) is 6.21. The first-order chi connectivity index (χ1) is 13.7. The van der Waals surface area contributed by atoms with Gasteiger partial charge < -0.3 is 9.47 Å². The predicted molar refractivity (Wildman–Crippen MR) is 107 cm³/mol. The summed E-state index contributed by atoms with van der Waals surface area (Å²) in [6, 6.07) is 27.2. The molecule has 0 aliphatic heterocycles. The topological polar surface area (TPSA) is 52.6 Å². The van der Waals surface area contributed by atoms with Gasteiger partial charge in [-0.2, -0.15) is 0 Å². The van der Waals surface area contributed by atoms with Gasteiger partial charge in [0.1, 0.15) is 0 Å². The Hall–Kier alpha value is -3.24. The van der Waals surface area contributed by atoms with E-state index in [9.17, 15) is 9.59 Å². The minimum Gasteiger partial charge on any atom is -0.455 e.